The maximum Gasteiger partial charge on any atom is 0.418 e. The lowest BCUT2D eigenvalue weighted by Crippen LogP contribution is -2.31. The second-order valence-corrected chi connectivity index (χ2v) is 6.96. The lowest BCUT2D eigenvalue weighted by molar-refractivity contribution is -0.138. The molecule has 26 heavy (non-hydrogen) atoms. The Kier molecular flexibility index (Phi) is 9.65. The Hall–Kier alpha value is -0.560. The van der Waals surface area contributed by atoms with E-state index in [2.05, 4.69) is 10.3 Å². The molecular formula is C18H27Cl2F3N2O. The maximum absolute atomic E-state index is 13.1. The zero-order valence-corrected chi connectivity index (χ0v) is 16.3. The molecule has 0 aromatic carbocycles. The van der Waals surface area contributed by atoms with E-state index in [-0.39, 0.29) is 36.8 Å². The molecule has 0 unspecified atom stereocenters. The second kappa shape index (κ2) is 10.7. The van der Waals surface area contributed by atoms with Gasteiger partial charge in [0.15, 0.2) is 0 Å². The van der Waals surface area contributed by atoms with E-state index in [0.717, 1.165) is 64.4 Å². The van der Waals surface area contributed by atoms with Gasteiger partial charge in [-0.1, -0.05) is 0 Å². The summed E-state index contributed by atoms with van der Waals surface area (Å²) in [5, 5.41) is 3.34. The molecular weight excluding hydrogens is 388 g/mol. The first-order valence-corrected chi connectivity index (χ1v) is 8.87. The zero-order chi connectivity index (χ0) is 17.0. The number of rotatable bonds is 4. The Balaban J connectivity index is 0.00000169. The van der Waals surface area contributed by atoms with E-state index in [1.165, 1.54) is 12.3 Å². The summed E-state index contributed by atoms with van der Waals surface area (Å²) in [5.74, 6) is 0.587. The lowest BCUT2D eigenvalue weighted by atomic mass is 9.81. The molecule has 1 saturated heterocycles. The number of halogens is 5. The number of hydrogen-bond donors (Lipinski definition) is 1. The van der Waals surface area contributed by atoms with Crippen LogP contribution in [0.25, 0.3) is 0 Å². The minimum atomic E-state index is -4.33. The van der Waals surface area contributed by atoms with E-state index >= 15 is 0 Å². The number of aromatic nitrogens is 1. The molecule has 2 fully saturated rings. The standard InChI is InChI=1S/C18H25F3N2O.2ClH/c19-18(20,21)17-11-23-10-7-16(17)14-1-3-15(4-2-14)24-12-13-5-8-22-9-6-13;;/h7,10-11,13-15,22H,1-6,8-9,12H2;2*1H. The fraction of sp³-hybridized carbons (Fsp3) is 0.722. The lowest BCUT2D eigenvalue weighted by Gasteiger charge is -2.31. The molecule has 2 heterocycles. The molecule has 3 nitrogen and oxygen atoms in total. The predicted octanol–water partition coefficient (Wildman–Crippen LogP) is 4.99. The van der Waals surface area contributed by atoms with Gasteiger partial charge in [-0.25, -0.2) is 0 Å². The SMILES string of the molecule is Cl.Cl.FC(F)(F)c1cnccc1C1CCC(OCC2CCNCC2)CC1. The average molecular weight is 415 g/mol. The Morgan fingerprint density at radius 3 is 2.31 bits per heavy atom. The molecule has 150 valence electrons. The average Bonchev–Trinajstić information content (AvgIpc) is 2.61. The van der Waals surface area contributed by atoms with E-state index < -0.39 is 11.7 Å². The zero-order valence-electron chi connectivity index (χ0n) is 14.6. The first-order valence-electron chi connectivity index (χ1n) is 8.87. The minimum Gasteiger partial charge on any atom is -0.378 e. The Labute approximate surface area is 165 Å². The van der Waals surface area contributed by atoms with Crippen LogP contribution in [0.1, 0.15) is 55.6 Å². The van der Waals surface area contributed by atoms with Crippen molar-refractivity contribution >= 4 is 24.8 Å². The molecule has 1 aliphatic carbocycles. The molecule has 1 aromatic heterocycles. The third-order valence-corrected chi connectivity index (χ3v) is 5.30. The van der Waals surface area contributed by atoms with Crippen LogP contribution in [0.2, 0.25) is 0 Å². The predicted molar refractivity (Wildman–Crippen MR) is 100 cm³/mol. The number of alkyl halides is 3. The first-order chi connectivity index (χ1) is 11.5. The van der Waals surface area contributed by atoms with Crippen molar-refractivity contribution in [3.63, 3.8) is 0 Å². The highest BCUT2D eigenvalue weighted by Crippen LogP contribution is 2.40. The third-order valence-electron chi connectivity index (χ3n) is 5.30. The van der Waals surface area contributed by atoms with Crippen LogP contribution >= 0.6 is 24.8 Å². The molecule has 0 radical (unpaired) electrons. The van der Waals surface area contributed by atoms with E-state index in [1.54, 1.807) is 0 Å². The van der Waals surface area contributed by atoms with Crippen LogP contribution in [0.15, 0.2) is 18.5 Å². The fourth-order valence-electron chi connectivity index (χ4n) is 3.86. The van der Waals surface area contributed by atoms with Crippen LogP contribution < -0.4 is 5.32 Å². The van der Waals surface area contributed by atoms with E-state index in [0.29, 0.717) is 11.5 Å². The van der Waals surface area contributed by atoms with Gasteiger partial charge in [0.05, 0.1) is 11.7 Å². The summed E-state index contributed by atoms with van der Waals surface area (Å²) < 4.78 is 45.5. The third kappa shape index (κ3) is 6.25. The van der Waals surface area contributed by atoms with Gasteiger partial charge < -0.3 is 10.1 Å². The van der Waals surface area contributed by atoms with Gasteiger partial charge in [-0.3, -0.25) is 4.98 Å². The van der Waals surface area contributed by atoms with E-state index in [1.807, 2.05) is 0 Å². The van der Waals surface area contributed by atoms with Crippen LogP contribution in [-0.2, 0) is 10.9 Å². The highest BCUT2D eigenvalue weighted by molar-refractivity contribution is 5.85. The number of pyridine rings is 1. The van der Waals surface area contributed by atoms with Gasteiger partial charge in [0, 0.05) is 19.0 Å². The highest BCUT2D eigenvalue weighted by Gasteiger charge is 2.36. The number of hydrogen-bond acceptors (Lipinski definition) is 3. The van der Waals surface area contributed by atoms with Crippen molar-refractivity contribution < 1.29 is 17.9 Å². The van der Waals surface area contributed by atoms with Crippen molar-refractivity contribution in [3.8, 4) is 0 Å². The number of piperidine rings is 1. The normalized spacial score (nSPS) is 24.4. The molecule has 3 rings (SSSR count). The van der Waals surface area contributed by atoms with E-state index in [4.69, 9.17) is 4.74 Å². The summed E-state index contributed by atoms with van der Waals surface area (Å²) >= 11 is 0. The summed E-state index contributed by atoms with van der Waals surface area (Å²) in [4.78, 5) is 3.65. The Morgan fingerprint density at radius 1 is 1.04 bits per heavy atom. The molecule has 1 N–H and O–H groups in total. The van der Waals surface area contributed by atoms with E-state index in [9.17, 15) is 13.2 Å². The van der Waals surface area contributed by atoms with Gasteiger partial charge >= 0.3 is 6.18 Å². The number of nitrogens with zero attached hydrogens (tertiary/aromatic N) is 1. The monoisotopic (exact) mass is 414 g/mol. The van der Waals surface area contributed by atoms with Crippen molar-refractivity contribution in [2.75, 3.05) is 19.7 Å². The molecule has 8 heteroatoms. The quantitative estimate of drug-likeness (QED) is 0.753. The van der Waals surface area contributed by atoms with Gasteiger partial charge in [0.25, 0.3) is 0 Å². The number of nitrogens with one attached hydrogen (secondary N) is 1. The summed E-state index contributed by atoms with van der Waals surface area (Å²) in [6.07, 6.45) is 3.79. The summed E-state index contributed by atoms with van der Waals surface area (Å²) in [6.45, 7) is 2.91. The first kappa shape index (κ1) is 23.5. The summed E-state index contributed by atoms with van der Waals surface area (Å²) in [6, 6.07) is 1.53. The molecule has 2 aliphatic rings. The highest BCUT2D eigenvalue weighted by atomic mass is 35.5. The fourth-order valence-corrected chi connectivity index (χ4v) is 3.86. The van der Waals surface area contributed by atoms with Crippen LogP contribution in [0, 0.1) is 5.92 Å². The minimum absolute atomic E-state index is 0. The van der Waals surface area contributed by atoms with Crippen LogP contribution in [0.5, 0.6) is 0 Å². The maximum atomic E-state index is 13.1. The van der Waals surface area contributed by atoms with Gasteiger partial charge in [-0.05, 0) is 75.1 Å². The molecule has 0 spiro atoms. The van der Waals surface area contributed by atoms with Crippen molar-refractivity contribution in [1.29, 1.82) is 0 Å². The van der Waals surface area contributed by atoms with Gasteiger partial charge in [0.1, 0.15) is 0 Å². The molecule has 0 atom stereocenters. The Morgan fingerprint density at radius 2 is 1.69 bits per heavy atom. The molecule has 1 saturated carbocycles. The summed E-state index contributed by atoms with van der Waals surface area (Å²) in [7, 11) is 0. The smallest absolute Gasteiger partial charge is 0.378 e. The van der Waals surface area contributed by atoms with Crippen LogP contribution in [0.3, 0.4) is 0 Å². The molecule has 0 bridgehead atoms. The largest absolute Gasteiger partial charge is 0.418 e. The van der Waals surface area contributed by atoms with Crippen molar-refractivity contribution in [2.24, 2.45) is 5.92 Å². The molecule has 1 aromatic rings. The van der Waals surface area contributed by atoms with Crippen molar-refractivity contribution in [3.05, 3.63) is 29.6 Å². The second-order valence-electron chi connectivity index (χ2n) is 6.96. The van der Waals surface area contributed by atoms with Crippen molar-refractivity contribution in [1.82, 2.24) is 10.3 Å². The van der Waals surface area contributed by atoms with Gasteiger partial charge in [0.2, 0.25) is 0 Å². The number of ether oxygens (including phenoxy) is 1. The van der Waals surface area contributed by atoms with Gasteiger partial charge in [-0.15, -0.1) is 24.8 Å². The topological polar surface area (TPSA) is 34.1 Å². The van der Waals surface area contributed by atoms with Crippen molar-refractivity contribution in [2.45, 2.75) is 56.7 Å². The Bertz CT molecular complexity index is 531. The van der Waals surface area contributed by atoms with Crippen LogP contribution in [-0.4, -0.2) is 30.8 Å². The van der Waals surface area contributed by atoms with Gasteiger partial charge in [-0.2, -0.15) is 13.2 Å². The van der Waals surface area contributed by atoms with Crippen LogP contribution in [0.4, 0.5) is 13.2 Å². The molecule has 0 amide bonds. The molecule has 1 aliphatic heterocycles. The summed E-state index contributed by atoms with van der Waals surface area (Å²) in [5.41, 5.74) is -0.182.